The van der Waals surface area contributed by atoms with E-state index in [4.69, 9.17) is 11.6 Å². The van der Waals surface area contributed by atoms with Crippen molar-refractivity contribution in [3.63, 3.8) is 0 Å². The first-order chi connectivity index (χ1) is 10.6. The first-order valence-electron chi connectivity index (χ1n) is 6.97. The van der Waals surface area contributed by atoms with Gasteiger partial charge in [-0.15, -0.1) is 0 Å². The van der Waals surface area contributed by atoms with Gasteiger partial charge in [0.2, 0.25) is 5.95 Å². The number of nitrogens with zero attached hydrogens (tertiary/aromatic N) is 2. The molecule has 2 rings (SSSR count). The second kappa shape index (κ2) is 6.33. The van der Waals surface area contributed by atoms with Crippen LogP contribution in [0.4, 0.5) is 11.8 Å². The number of hydrogen-bond donors (Lipinski definition) is 2. The second-order valence-electron chi connectivity index (χ2n) is 6.03. The molecule has 1 aromatic heterocycles. The van der Waals surface area contributed by atoms with Crippen LogP contribution in [0.3, 0.4) is 0 Å². The summed E-state index contributed by atoms with van der Waals surface area (Å²) in [4.78, 5) is 8.08. The van der Waals surface area contributed by atoms with Gasteiger partial charge in [-0.2, -0.15) is 4.98 Å². The molecule has 0 amide bonds. The predicted octanol–water partition coefficient (Wildman–Crippen LogP) is 3.27. The molecule has 8 heteroatoms. The highest BCUT2D eigenvalue weighted by Crippen LogP contribution is 2.24. The van der Waals surface area contributed by atoms with Crippen molar-refractivity contribution in [2.24, 2.45) is 0 Å². The molecule has 6 nitrogen and oxygen atoms in total. The van der Waals surface area contributed by atoms with Crippen LogP contribution in [0.1, 0.15) is 26.3 Å². The zero-order valence-electron chi connectivity index (χ0n) is 13.4. The monoisotopic (exact) mass is 354 g/mol. The predicted molar refractivity (Wildman–Crippen MR) is 92.5 cm³/mol. The quantitative estimate of drug-likeness (QED) is 0.823. The van der Waals surface area contributed by atoms with Crippen LogP contribution in [0.15, 0.2) is 35.2 Å². The fourth-order valence-corrected chi connectivity index (χ4v) is 3.09. The molecule has 0 aliphatic carbocycles. The minimum Gasteiger partial charge on any atom is -0.357 e. The summed E-state index contributed by atoms with van der Waals surface area (Å²) in [7, 11) is -2.12. The SMILES string of the molecule is CNc1nc(Cl)cc(NS(=O)(=O)c2ccc(C(C)(C)C)cc2)n1. The smallest absolute Gasteiger partial charge is 0.263 e. The van der Waals surface area contributed by atoms with Crippen molar-refractivity contribution in [2.75, 3.05) is 17.1 Å². The van der Waals surface area contributed by atoms with Gasteiger partial charge >= 0.3 is 0 Å². The van der Waals surface area contributed by atoms with Crippen molar-refractivity contribution in [3.8, 4) is 0 Å². The second-order valence-corrected chi connectivity index (χ2v) is 8.10. The van der Waals surface area contributed by atoms with Crippen molar-refractivity contribution >= 4 is 33.4 Å². The summed E-state index contributed by atoms with van der Waals surface area (Å²) < 4.78 is 27.3. The number of rotatable bonds is 4. The van der Waals surface area contributed by atoms with Gasteiger partial charge in [0.1, 0.15) is 11.0 Å². The van der Waals surface area contributed by atoms with Gasteiger partial charge in [-0.1, -0.05) is 44.5 Å². The third-order valence-electron chi connectivity index (χ3n) is 3.19. The largest absolute Gasteiger partial charge is 0.357 e. The Morgan fingerprint density at radius 1 is 1.09 bits per heavy atom. The standard InChI is InChI=1S/C15H19ClN4O2S/c1-15(2,3)10-5-7-11(8-6-10)23(21,22)20-13-9-12(16)18-14(17-4)19-13/h5-9H,1-4H3,(H2,17,18,19,20). The average Bonchev–Trinajstić information content (AvgIpc) is 2.45. The molecule has 0 fully saturated rings. The average molecular weight is 355 g/mol. The van der Waals surface area contributed by atoms with E-state index in [1.54, 1.807) is 31.3 Å². The lowest BCUT2D eigenvalue weighted by Crippen LogP contribution is -2.16. The lowest BCUT2D eigenvalue weighted by atomic mass is 9.87. The van der Waals surface area contributed by atoms with Gasteiger partial charge < -0.3 is 5.32 Å². The first kappa shape index (κ1) is 17.5. The van der Waals surface area contributed by atoms with Crippen molar-refractivity contribution in [1.82, 2.24) is 9.97 Å². The third kappa shape index (κ3) is 4.33. The molecule has 2 aromatic rings. The molecule has 1 heterocycles. The van der Waals surface area contributed by atoms with E-state index < -0.39 is 10.0 Å². The summed E-state index contributed by atoms with van der Waals surface area (Å²) in [5.41, 5.74) is 1.01. The maximum atomic E-state index is 12.4. The van der Waals surface area contributed by atoms with Crippen molar-refractivity contribution < 1.29 is 8.42 Å². The Morgan fingerprint density at radius 3 is 2.22 bits per heavy atom. The molecule has 1 aromatic carbocycles. The Bertz CT molecular complexity index is 799. The number of nitrogens with one attached hydrogen (secondary N) is 2. The molecular weight excluding hydrogens is 336 g/mol. The van der Waals surface area contributed by atoms with Gasteiger partial charge in [-0.25, -0.2) is 13.4 Å². The molecule has 0 spiro atoms. The molecule has 2 N–H and O–H groups in total. The molecule has 124 valence electrons. The molecule has 0 bridgehead atoms. The van der Waals surface area contributed by atoms with E-state index in [1.807, 2.05) is 0 Å². The molecule has 0 atom stereocenters. The first-order valence-corrected chi connectivity index (χ1v) is 8.83. The molecule has 0 unspecified atom stereocenters. The summed E-state index contributed by atoms with van der Waals surface area (Å²) >= 11 is 5.85. The van der Waals surface area contributed by atoms with E-state index in [1.165, 1.54) is 6.07 Å². The zero-order chi connectivity index (χ0) is 17.3. The molecule has 0 radical (unpaired) electrons. The molecule has 0 saturated carbocycles. The van der Waals surface area contributed by atoms with Crippen LogP contribution in [-0.4, -0.2) is 25.4 Å². The van der Waals surface area contributed by atoms with Crippen molar-refractivity contribution in [1.29, 1.82) is 0 Å². The highest BCUT2D eigenvalue weighted by atomic mass is 35.5. The van der Waals surface area contributed by atoms with E-state index in [0.29, 0.717) is 0 Å². The number of anilines is 2. The van der Waals surface area contributed by atoms with Gasteiger partial charge in [0.05, 0.1) is 4.90 Å². The lowest BCUT2D eigenvalue weighted by Gasteiger charge is -2.19. The van der Waals surface area contributed by atoms with Crippen LogP contribution in [0.5, 0.6) is 0 Å². The molecule has 0 aliphatic heterocycles. The summed E-state index contributed by atoms with van der Waals surface area (Å²) in [5, 5.41) is 2.86. The summed E-state index contributed by atoms with van der Waals surface area (Å²) in [5.74, 6) is 0.340. The van der Waals surface area contributed by atoms with E-state index in [-0.39, 0.29) is 27.2 Å². The minimum atomic E-state index is -3.74. The van der Waals surface area contributed by atoms with Gasteiger partial charge in [-0.05, 0) is 23.1 Å². The topological polar surface area (TPSA) is 84.0 Å². The number of hydrogen-bond acceptors (Lipinski definition) is 5. The minimum absolute atomic E-state index is 0.0441. The van der Waals surface area contributed by atoms with Gasteiger partial charge in [-0.3, -0.25) is 4.72 Å². The van der Waals surface area contributed by atoms with E-state index in [0.717, 1.165) is 5.56 Å². The summed E-state index contributed by atoms with van der Waals surface area (Å²) in [6.45, 7) is 6.20. The Hall–Kier alpha value is -1.86. The van der Waals surface area contributed by atoms with Crippen molar-refractivity contribution in [3.05, 3.63) is 41.0 Å². The van der Waals surface area contributed by atoms with Crippen LogP contribution in [-0.2, 0) is 15.4 Å². The molecule has 23 heavy (non-hydrogen) atoms. The third-order valence-corrected chi connectivity index (χ3v) is 4.75. The zero-order valence-corrected chi connectivity index (χ0v) is 15.0. The van der Waals surface area contributed by atoms with Gasteiger partial charge in [0.15, 0.2) is 0 Å². The van der Waals surface area contributed by atoms with Crippen LogP contribution < -0.4 is 10.0 Å². The Morgan fingerprint density at radius 2 is 1.70 bits per heavy atom. The fourth-order valence-electron chi connectivity index (χ4n) is 1.91. The summed E-state index contributed by atoms with van der Waals surface area (Å²) in [6.07, 6.45) is 0. The van der Waals surface area contributed by atoms with Crippen LogP contribution in [0.2, 0.25) is 5.15 Å². The number of sulfonamides is 1. The number of halogens is 1. The maximum Gasteiger partial charge on any atom is 0.263 e. The Labute approximate surface area is 141 Å². The highest BCUT2D eigenvalue weighted by Gasteiger charge is 2.18. The molecular formula is C15H19ClN4O2S. The van der Waals surface area contributed by atoms with E-state index in [2.05, 4.69) is 40.8 Å². The van der Waals surface area contributed by atoms with E-state index in [9.17, 15) is 8.42 Å². The molecule has 0 aliphatic rings. The maximum absolute atomic E-state index is 12.4. The normalized spacial score (nSPS) is 12.0. The van der Waals surface area contributed by atoms with Crippen molar-refractivity contribution in [2.45, 2.75) is 31.1 Å². The van der Waals surface area contributed by atoms with E-state index >= 15 is 0 Å². The number of aromatic nitrogens is 2. The molecule has 0 saturated heterocycles. The van der Waals surface area contributed by atoms with Crippen LogP contribution in [0.25, 0.3) is 0 Å². The van der Waals surface area contributed by atoms with Gasteiger partial charge in [0.25, 0.3) is 10.0 Å². The lowest BCUT2D eigenvalue weighted by molar-refractivity contribution is 0.587. The Balaban J connectivity index is 2.30. The summed E-state index contributed by atoms with van der Waals surface area (Å²) in [6, 6.07) is 8.11. The number of benzene rings is 1. The van der Waals surface area contributed by atoms with Crippen LogP contribution >= 0.6 is 11.6 Å². The fraction of sp³-hybridized carbons (Fsp3) is 0.333. The Kier molecular flexibility index (Phi) is 4.81. The van der Waals surface area contributed by atoms with Gasteiger partial charge in [0, 0.05) is 13.1 Å². The highest BCUT2D eigenvalue weighted by molar-refractivity contribution is 7.92. The van der Waals surface area contributed by atoms with Crippen LogP contribution in [0, 0.1) is 0 Å².